The Morgan fingerprint density at radius 1 is 0.946 bits per heavy atom. The summed E-state index contributed by atoms with van der Waals surface area (Å²) in [7, 11) is 4.04. The normalized spacial score (nSPS) is 19.5. The van der Waals surface area contributed by atoms with E-state index in [1.165, 1.54) is 6.42 Å². The number of aromatic nitrogens is 5. The second-order valence-corrected chi connectivity index (χ2v) is 15.9. The number of carboxylic acid groups (broad SMARTS) is 1. The van der Waals surface area contributed by atoms with Crippen LogP contribution in [0.1, 0.15) is 95.7 Å². The summed E-state index contributed by atoms with van der Waals surface area (Å²) in [4.78, 5) is 26.6. The number of nitrogens with one attached hydrogen (secondary N) is 2. The highest BCUT2D eigenvalue weighted by molar-refractivity contribution is 5.89. The van der Waals surface area contributed by atoms with Crippen LogP contribution in [-0.4, -0.2) is 86.2 Å². The summed E-state index contributed by atoms with van der Waals surface area (Å²) in [6, 6.07) is 22.2. The van der Waals surface area contributed by atoms with Crippen molar-refractivity contribution in [1.82, 2.24) is 34.6 Å². The molecule has 0 saturated carbocycles. The zero-order chi connectivity index (χ0) is 40.0. The van der Waals surface area contributed by atoms with E-state index >= 15 is 0 Å². The molecular formula is C42H55N9O5. The Kier molecular flexibility index (Phi) is 12.5. The van der Waals surface area contributed by atoms with Crippen molar-refractivity contribution in [2.24, 2.45) is 0 Å². The number of fused-ring (bicyclic) bond motifs is 2. The first-order chi connectivity index (χ1) is 26.9. The molecule has 298 valence electrons. The van der Waals surface area contributed by atoms with E-state index in [1.54, 1.807) is 4.68 Å². The minimum Gasteiger partial charge on any atom is -0.492 e. The van der Waals surface area contributed by atoms with Gasteiger partial charge in [-0.3, -0.25) is 14.5 Å². The van der Waals surface area contributed by atoms with Crippen LogP contribution >= 0.6 is 0 Å². The summed E-state index contributed by atoms with van der Waals surface area (Å²) in [6.07, 6.45) is 6.82. The van der Waals surface area contributed by atoms with Gasteiger partial charge in [0, 0.05) is 36.2 Å². The van der Waals surface area contributed by atoms with Crippen LogP contribution in [0.4, 0.5) is 16.6 Å². The van der Waals surface area contributed by atoms with Gasteiger partial charge in [0.2, 0.25) is 5.95 Å². The second kappa shape index (κ2) is 17.4. The molecule has 4 atom stereocenters. The first-order valence-corrected chi connectivity index (χ1v) is 19.4. The maximum atomic E-state index is 13.7. The minimum atomic E-state index is -0.295. The van der Waals surface area contributed by atoms with Crippen molar-refractivity contribution in [3.63, 3.8) is 0 Å². The van der Waals surface area contributed by atoms with E-state index in [-0.39, 0.29) is 30.1 Å². The lowest BCUT2D eigenvalue weighted by atomic mass is 9.85. The third-order valence-corrected chi connectivity index (χ3v) is 10.4. The number of pyridine rings is 1. The van der Waals surface area contributed by atoms with Gasteiger partial charge in [0.1, 0.15) is 30.0 Å². The van der Waals surface area contributed by atoms with Crippen LogP contribution in [0.5, 0.6) is 11.5 Å². The molecule has 14 heteroatoms. The SMILES string of the molecule is C[C@@H]1CCC[C@H](C)N1c1nnc2ccc(O[C@@H]3CC[C@H](NC(=O)Nc4cc(C(C)(C)C)nn4-c4cccc(OCCN(C)C)c4)c4ccccc43)cn12.O=CO. The van der Waals surface area contributed by atoms with Crippen molar-refractivity contribution in [2.75, 3.05) is 37.5 Å². The lowest BCUT2D eigenvalue weighted by Gasteiger charge is -2.39. The van der Waals surface area contributed by atoms with Gasteiger partial charge in [-0.15, -0.1) is 10.2 Å². The molecule has 7 rings (SSSR count). The topological polar surface area (TPSA) is 151 Å². The fourth-order valence-corrected chi connectivity index (χ4v) is 7.50. The fraction of sp³-hybridized carbons (Fsp3) is 0.452. The average molecular weight is 766 g/mol. The zero-order valence-electron chi connectivity index (χ0n) is 33.5. The molecule has 0 radical (unpaired) electrons. The van der Waals surface area contributed by atoms with E-state index in [4.69, 9.17) is 24.5 Å². The maximum Gasteiger partial charge on any atom is 0.320 e. The first kappa shape index (κ1) is 40.0. The smallest absolute Gasteiger partial charge is 0.320 e. The highest BCUT2D eigenvalue weighted by Crippen LogP contribution is 2.39. The van der Waals surface area contributed by atoms with E-state index in [0.717, 1.165) is 77.8 Å². The fourth-order valence-electron chi connectivity index (χ4n) is 7.50. The van der Waals surface area contributed by atoms with Gasteiger partial charge in [-0.2, -0.15) is 5.10 Å². The molecule has 1 saturated heterocycles. The van der Waals surface area contributed by atoms with Gasteiger partial charge in [0.25, 0.3) is 6.47 Å². The molecule has 4 heterocycles. The predicted molar refractivity (Wildman–Crippen MR) is 217 cm³/mol. The predicted octanol–water partition coefficient (Wildman–Crippen LogP) is 7.40. The quantitative estimate of drug-likeness (QED) is 0.123. The van der Waals surface area contributed by atoms with Gasteiger partial charge in [-0.05, 0) is 95.4 Å². The first-order valence-electron chi connectivity index (χ1n) is 19.4. The number of piperidine rings is 1. The summed E-state index contributed by atoms with van der Waals surface area (Å²) in [5.41, 5.74) is 4.36. The standard InChI is InChI=1S/C41H53N9O3.CH2O2/c1-27-12-10-13-28(2)49(27)40-45-44-37-21-18-31(26-48(37)40)53-35-20-19-34(32-16-8-9-17-33(32)35)42-39(51)43-38-25-36(41(3,4)5)46-50(38)29-14-11-15-30(24-29)52-23-22-47(6)7;2-1-3/h8-9,11,14-18,21,24-28,34-35H,10,12-13,19-20,22-23H2,1-7H3,(H2,42,43,51);1H,(H,2,3)/t27-,28+,34-,35+;/m0./s1. The molecule has 5 aromatic rings. The largest absolute Gasteiger partial charge is 0.492 e. The Morgan fingerprint density at radius 3 is 2.39 bits per heavy atom. The molecule has 2 aliphatic rings. The number of carbonyl (C=O) groups is 2. The molecule has 1 aliphatic heterocycles. The number of benzene rings is 2. The Hall–Kier alpha value is -5.63. The number of hydrogen-bond donors (Lipinski definition) is 3. The van der Waals surface area contributed by atoms with Crippen molar-refractivity contribution in [3.8, 4) is 17.2 Å². The third kappa shape index (κ3) is 9.24. The summed E-state index contributed by atoms with van der Waals surface area (Å²) in [6.45, 7) is 12.0. The van der Waals surface area contributed by atoms with Crippen LogP contribution in [0, 0.1) is 0 Å². The number of anilines is 2. The number of urea groups is 1. The number of nitrogens with zero attached hydrogens (tertiary/aromatic N) is 7. The molecule has 3 aromatic heterocycles. The molecule has 0 spiro atoms. The lowest BCUT2D eigenvalue weighted by molar-refractivity contribution is -0.122. The lowest BCUT2D eigenvalue weighted by Crippen LogP contribution is -2.44. The van der Waals surface area contributed by atoms with Crippen molar-refractivity contribution < 1.29 is 24.2 Å². The van der Waals surface area contributed by atoms with Crippen molar-refractivity contribution in [3.05, 3.63) is 89.7 Å². The summed E-state index contributed by atoms with van der Waals surface area (Å²) >= 11 is 0. The van der Waals surface area contributed by atoms with Gasteiger partial charge in [0.15, 0.2) is 5.65 Å². The number of likely N-dealkylation sites (N-methyl/N-ethyl adjacent to an activating group) is 1. The molecule has 56 heavy (non-hydrogen) atoms. The molecule has 3 N–H and O–H groups in total. The highest BCUT2D eigenvalue weighted by Gasteiger charge is 2.31. The van der Waals surface area contributed by atoms with Gasteiger partial charge in [-0.25, -0.2) is 9.48 Å². The molecule has 14 nitrogen and oxygen atoms in total. The number of rotatable bonds is 10. The summed E-state index contributed by atoms with van der Waals surface area (Å²) < 4.78 is 16.5. The summed E-state index contributed by atoms with van der Waals surface area (Å²) in [5.74, 6) is 2.95. The van der Waals surface area contributed by atoms with Gasteiger partial charge >= 0.3 is 6.03 Å². The van der Waals surface area contributed by atoms with E-state index < -0.39 is 0 Å². The van der Waals surface area contributed by atoms with Crippen molar-refractivity contribution in [1.29, 1.82) is 0 Å². The second-order valence-electron chi connectivity index (χ2n) is 15.9. The molecule has 2 aromatic carbocycles. The maximum absolute atomic E-state index is 13.7. The van der Waals surface area contributed by atoms with Gasteiger partial charge in [-0.1, -0.05) is 51.1 Å². The monoisotopic (exact) mass is 765 g/mol. The van der Waals surface area contributed by atoms with E-state index in [2.05, 4.69) is 81.8 Å². The number of carbonyl (C=O) groups excluding carboxylic acids is 1. The number of amides is 2. The molecule has 1 fully saturated rings. The van der Waals surface area contributed by atoms with Crippen LogP contribution in [-0.2, 0) is 10.2 Å². The van der Waals surface area contributed by atoms with Crippen LogP contribution in [0.3, 0.4) is 0 Å². The van der Waals surface area contributed by atoms with Crippen molar-refractivity contribution >= 4 is 29.9 Å². The average Bonchev–Trinajstić information content (AvgIpc) is 3.78. The molecule has 1 aliphatic carbocycles. The molecule has 2 amide bonds. The van der Waals surface area contributed by atoms with E-state index in [1.807, 2.05) is 74.9 Å². The Morgan fingerprint density at radius 2 is 1.68 bits per heavy atom. The van der Waals surface area contributed by atoms with Crippen molar-refractivity contribution in [2.45, 2.75) is 96.4 Å². The Balaban J connectivity index is 0.00000172. The number of hydrogen-bond acceptors (Lipinski definition) is 9. The van der Waals surface area contributed by atoms with E-state index in [9.17, 15) is 4.79 Å². The number of ether oxygens (including phenoxy) is 2. The van der Waals surface area contributed by atoms with Crippen LogP contribution in [0.15, 0.2) is 72.9 Å². The van der Waals surface area contributed by atoms with Crippen LogP contribution in [0.25, 0.3) is 11.3 Å². The third-order valence-electron chi connectivity index (χ3n) is 10.4. The molecular weight excluding hydrogens is 711 g/mol. The van der Waals surface area contributed by atoms with Gasteiger partial charge in [0.05, 0.1) is 23.6 Å². The Labute approximate surface area is 328 Å². The molecule has 0 bridgehead atoms. The van der Waals surface area contributed by atoms with E-state index in [0.29, 0.717) is 24.5 Å². The summed E-state index contributed by atoms with van der Waals surface area (Å²) in [5, 5.41) is 27.2. The zero-order valence-corrected chi connectivity index (χ0v) is 33.5. The van der Waals surface area contributed by atoms with Crippen LogP contribution in [0.2, 0.25) is 0 Å². The molecule has 0 unspecified atom stereocenters. The van der Waals surface area contributed by atoms with Crippen LogP contribution < -0.4 is 25.0 Å². The Bertz CT molecular complexity index is 2100. The van der Waals surface area contributed by atoms with Gasteiger partial charge < -0.3 is 29.7 Å². The minimum absolute atomic E-state index is 0.166. The highest BCUT2D eigenvalue weighted by atomic mass is 16.5.